The lowest BCUT2D eigenvalue weighted by Gasteiger charge is -2.23. The summed E-state index contributed by atoms with van der Waals surface area (Å²) in [7, 11) is 0. The van der Waals surface area contributed by atoms with Crippen LogP contribution in [0.3, 0.4) is 0 Å². The van der Waals surface area contributed by atoms with Gasteiger partial charge in [-0.05, 0) is 51.8 Å². The lowest BCUT2D eigenvalue weighted by molar-refractivity contribution is -0.122. The number of aryl methyl sites for hydroxylation is 1. The van der Waals surface area contributed by atoms with Gasteiger partial charge in [-0.15, -0.1) is 5.10 Å². The molecule has 1 fully saturated rings. The van der Waals surface area contributed by atoms with E-state index in [9.17, 15) is 18.0 Å². The van der Waals surface area contributed by atoms with Crippen molar-refractivity contribution in [2.24, 2.45) is 5.92 Å². The summed E-state index contributed by atoms with van der Waals surface area (Å²) in [4.78, 5) is 15.3. The number of hydrogen-bond donors (Lipinski definition) is 1. The van der Waals surface area contributed by atoms with Crippen molar-refractivity contribution in [2.75, 3.05) is 30.0 Å². The Labute approximate surface area is 207 Å². The van der Waals surface area contributed by atoms with Crippen LogP contribution in [0.15, 0.2) is 30.3 Å². The summed E-state index contributed by atoms with van der Waals surface area (Å²) in [5.41, 5.74) is 1.22. The molecule has 9 heteroatoms. The molecular formula is C27H29F3N4O2. The highest BCUT2D eigenvalue weighted by Crippen LogP contribution is 2.45. The van der Waals surface area contributed by atoms with Crippen LogP contribution in [0.5, 0.6) is 0 Å². The molecule has 1 amide bonds. The number of benzene rings is 2. The van der Waals surface area contributed by atoms with Crippen molar-refractivity contribution in [3.63, 3.8) is 0 Å². The number of rotatable bonds is 6. The number of fused-ring (bicyclic) bond motifs is 2. The Morgan fingerprint density at radius 1 is 1.19 bits per heavy atom. The van der Waals surface area contributed by atoms with Crippen molar-refractivity contribution >= 4 is 28.2 Å². The lowest BCUT2D eigenvalue weighted by atomic mass is 9.85. The molecular weight excluding hydrogens is 469 g/mol. The van der Waals surface area contributed by atoms with Crippen molar-refractivity contribution in [1.29, 1.82) is 0 Å². The molecule has 2 aliphatic rings. The zero-order valence-electron chi connectivity index (χ0n) is 20.7. The van der Waals surface area contributed by atoms with Crippen molar-refractivity contribution in [2.45, 2.75) is 52.0 Å². The van der Waals surface area contributed by atoms with E-state index in [1.165, 1.54) is 12.1 Å². The molecule has 190 valence electrons. The van der Waals surface area contributed by atoms with E-state index in [2.05, 4.69) is 15.5 Å². The van der Waals surface area contributed by atoms with Gasteiger partial charge in [-0.25, -0.2) is 13.2 Å². The largest absolute Gasteiger partial charge is 0.381 e. The summed E-state index contributed by atoms with van der Waals surface area (Å²) in [6, 6.07) is 7.27. The van der Waals surface area contributed by atoms with Crippen LogP contribution in [0.1, 0.15) is 62.0 Å². The first kappa shape index (κ1) is 24.5. The molecule has 0 spiro atoms. The molecule has 5 rings (SSSR count). The second kappa shape index (κ2) is 9.03. The Morgan fingerprint density at radius 2 is 1.94 bits per heavy atom. The van der Waals surface area contributed by atoms with Crippen molar-refractivity contribution < 1.29 is 22.7 Å². The highest BCUT2D eigenvalue weighted by atomic mass is 19.3. The zero-order valence-corrected chi connectivity index (χ0v) is 20.7. The van der Waals surface area contributed by atoms with Crippen LogP contribution >= 0.6 is 0 Å². The average Bonchev–Trinajstić information content (AvgIpc) is 3.41. The predicted octanol–water partition coefficient (Wildman–Crippen LogP) is 5.85. The first-order valence-electron chi connectivity index (χ1n) is 12.1. The minimum absolute atomic E-state index is 0.0343. The van der Waals surface area contributed by atoms with Crippen LogP contribution in [-0.2, 0) is 14.9 Å². The highest BCUT2D eigenvalue weighted by molar-refractivity contribution is 6.11. The van der Waals surface area contributed by atoms with E-state index in [-0.39, 0.29) is 17.4 Å². The Morgan fingerprint density at radius 3 is 2.64 bits per heavy atom. The van der Waals surface area contributed by atoms with Gasteiger partial charge >= 0.3 is 0 Å². The van der Waals surface area contributed by atoms with E-state index in [1.807, 2.05) is 37.8 Å². The third-order valence-electron chi connectivity index (χ3n) is 7.40. The fourth-order valence-electron chi connectivity index (χ4n) is 5.23. The van der Waals surface area contributed by atoms with Crippen LogP contribution in [-0.4, -0.2) is 35.9 Å². The van der Waals surface area contributed by atoms with E-state index in [0.717, 1.165) is 34.5 Å². The number of anilines is 2. The number of halogens is 3. The number of ether oxygens (including phenoxy) is 1. The summed E-state index contributed by atoms with van der Waals surface area (Å²) >= 11 is 0. The van der Waals surface area contributed by atoms with Crippen LogP contribution < -0.4 is 10.2 Å². The Bertz CT molecular complexity index is 1340. The van der Waals surface area contributed by atoms with Crippen LogP contribution in [0.4, 0.5) is 24.7 Å². The van der Waals surface area contributed by atoms with E-state index in [1.54, 1.807) is 6.92 Å². The van der Waals surface area contributed by atoms with Gasteiger partial charge in [0.1, 0.15) is 5.82 Å². The van der Waals surface area contributed by atoms with Gasteiger partial charge in [0.05, 0.1) is 29.3 Å². The maximum atomic E-state index is 14.8. The summed E-state index contributed by atoms with van der Waals surface area (Å²) in [6.45, 7) is 9.29. The number of hydrogen-bond acceptors (Lipinski definition) is 5. The quantitative estimate of drug-likeness (QED) is 0.462. The molecule has 2 atom stereocenters. The van der Waals surface area contributed by atoms with E-state index < -0.39 is 29.3 Å². The van der Waals surface area contributed by atoms with Crippen molar-refractivity contribution in [1.82, 2.24) is 10.2 Å². The normalized spacial score (nSPS) is 19.8. The van der Waals surface area contributed by atoms with E-state index in [4.69, 9.17) is 4.74 Å². The molecule has 3 aromatic rings. The summed E-state index contributed by atoms with van der Waals surface area (Å²) in [6.07, 6.45) is -2.00. The van der Waals surface area contributed by atoms with Gasteiger partial charge in [-0.2, -0.15) is 5.10 Å². The molecule has 0 unspecified atom stereocenters. The molecule has 2 aromatic carbocycles. The first-order valence-corrected chi connectivity index (χ1v) is 12.1. The SMILES string of the molecule is Cc1nnc(N[C@H](C)c2cccc(C(F)F)c2F)c2cc3c(cc12)C(C)(C)C(=O)N3C[C@@H]1CCOC1. The fraction of sp³-hybridized carbons (Fsp3) is 0.444. The number of alkyl halides is 2. The number of aromatic nitrogens is 2. The summed E-state index contributed by atoms with van der Waals surface area (Å²) in [5, 5.41) is 13.3. The molecule has 6 nitrogen and oxygen atoms in total. The number of carbonyl (C=O) groups excluding carboxylic acids is 1. The standard InChI is InChI=1S/C27H29F3N4O2/c1-14(17-6-5-7-18(23(17)28)24(29)30)31-25-20-11-22-21(10-19(20)15(2)32-33-25)27(3,4)26(35)34(22)12-16-8-9-36-13-16/h5-7,10-11,14,16,24H,8-9,12-13H2,1-4H3,(H,31,33)/t14-,16+/m1/s1. The molecule has 0 radical (unpaired) electrons. The number of nitrogens with one attached hydrogen (secondary N) is 1. The van der Waals surface area contributed by atoms with Gasteiger partial charge in [0.15, 0.2) is 5.82 Å². The minimum Gasteiger partial charge on any atom is -0.381 e. The van der Waals surface area contributed by atoms with Gasteiger partial charge in [0, 0.05) is 41.1 Å². The van der Waals surface area contributed by atoms with Crippen LogP contribution in [0, 0.1) is 18.7 Å². The Balaban J connectivity index is 1.57. The van der Waals surface area contributed by atoms with E-state index >= 15 is 0 Å². The van der Waals surface area contributed by atoms with Gasteiger partial charge < -0.3 is 15.0 Å². The second-order valence-electron chi connectivity index (χ2n) is 10.2. The van der Waals surface area contributed by atoms with E-state index in [0.29, 0.717) is 31.3 Å². The Kier molecular flexibility index (Phi) is 6.14. The Hall–Kier alpha value is -3.20. The van der Waals surface area contributed by atoms with Gasteiger partial charge in [0.2, 0.25) is 5.91 Å². The molecule has 0 bridgehead atoms. The first-order chi connectivity index (χ1) is 17.1. The molecule has 1 saturated heterocycles. The maximum absolute atomic E-state index is 14.8. The average molecular weight is 499 g/mol. The number of nitrogens with zero attached hydrogens (tertiary/aromatic N) is 3. The van der Waals surface area contributed by atoms with Gasteiger partial charge in [0.25, 0.3) is 6.43 Å². The van der Waals surface area contributed by atoms with Crippen molar-refractivity contribution in [3.05, 3.63) is 58.5 Å². The summed E-state index contributed by atoms with van der Waals surface area (Å²) < 4.78 is 46.8. The predicted molar refractivity (Wildman–Crippen MR) is 132 cm³/mol. The highest BCUT2D eigenvalue weighted by Gasteiger charge is 2.45. The van der Waals surface area contributed by atoms with Gasteiger partial charge in [-0.3, -0.25) is 4.79 Å². The fourth-order valence-corrected chi connectivity index (χ4v) is 5.23. The zero-order chi connectivity index (χ0) is 25.8. The second-order valence-corrected chi connectivity index (χ2v) is 10.2. The van der Waals surface area contributed by atoms with Crippen LogP contribution in [0.25, 0.3) is 10.8 Å². The topological polar surface area (TPSA) is 67.4 Å². The van der Waals surface area contributed by atoms with Crippen molar-refractivity contribution in [3.8, 4) is 0 Å². The smallest absolute Gasteiger partial charge is 0.266 e. The van der Waals surface area contributed by atoms with Crippen LogP contribution in [0.2, 0.25) is 0 Å². The number of carbonyl (C=O) groups is 1. The molecule has 1 N–H and O–H groups in total. The minimum atomic E-state index is -2.91. The monoisotopic (exact) mass is 498 g/mol. The molecule has 3 heterocycles. The molecule has 0 aliphatic carbocycles. The molecule has 2 aliphatic heterocycles. The molecule has 36 heavy (non-hydrogen) atoms. The maximum Gasteiger partial charge on any atom is 0.266 e. The third-order valence-corrected chi connectivity index (χ3v) is 7.40. The number of amides is 1. The molecule has 0 saturated carbocycles. The third kappa shape index (κ3) is 3.99. The lowest BCUT2D eigenvalue weighted by Crippen LogP contribution is -2.39. The molecule has 1 aromatic heterocycles. The van der Waals surface area contributed by atoms with Gasteiger partial charge in [-0.1, -0.05) is 18.2 Å². The summed E-state index contributed by atoms with van der Waals surface area (Å²) in [5.74, 6) is -0.234.